The van der Waals surface area contributed by atoms with E-state index < -0.39 is 6.10 Å². The SMILES string of the molecule is C[C@H](O)Cn1cnc(=N)c2[nH]cnc21. The van der Waals surface area contributed by atoms with Gasteiger partial charge in [0.1, 0.15) is 5.52 Å². The van der Waals surface area contributed by atoms with Gasteiger partial charge in [-0.15, -0.1) is 0 Å². The second-order valence-electron chi connectivity index (χ2n) is 3.20. The molecule has 2 rings (SSSR count). The Hall–Kier alpha value is -1.69. The zero-order chi connectivity index (χ0) is 10.1. The van der Waals surface area contributed by atoms with Crippen LogP contribution >= 0.6 is 0 Å². The second-order valence-corrected chi connectivity index (χ2v) is 3.20. The van der Waals surface area contributed by atoms with Crippen LogP contribution in [0.4, 0.5) is 0 Å². The van der Waals surface area contributed by atoms with Gasteiger partial charge in [0.25, 0.3) is 0 Å². The van der Waals surface area contributed by atoms with Gasteiger partial charge in [-0.3, -0.25) is 5.41 Å². The molecular weight excluding hydrogens is 182 g/mol. The van der Waals surface area contributed by atoms with Crippen LogP contribution < -0.4 is 5.49 Å². The topological polar surface area (TPSA) is 90.6 Å². The zero-order valence-corrected chi connectivity index (χ0v) is 7.73. The van der Waals surface area contributed by atoms with Crippen LogP contribution in [0.15, 0.2) is 12.7 Å². The summed E-state index contributed by atoms with van der Waals surface area (Å²) in [4.78, 5) is 10.8. The molecular formula is C8H11N5O. The van der Waals surface area contributed by atoms with E-state index >= 15 is 0 Å². The minimum absolute atomic E-state index is 0.166. The highest BCUT2D eigenvalue weighted by atomic mass is 16.3. The number of aliphatic hydroxyl groups is 1. The molecule has 2 heterocycles. The highest BCUT2D eigenvalue weighted by molar-refractivity contribution is 5.68. The number of hydrogen-bond donors (Lipinski definition) is 3. The third kappa shape index (κ3) is 1.39. The van der Waals surface area contributed by atoms with Crippen molar-refractivity contribution in [3.05, 3.63) is 18.1 Å². The summed E-state index contributed by atoms with van der Waals surface area (Å²) in [6.45, 7) is 2.12. The third-order valence-electron chi connectivity index (χ3n) is 1.92. The van der Waals surface area contributed by atoms with Crippen LogP contribution in [0.25, 0.3) is 11.2 Å². The van der Waals surface area contributed by atoms with Crippen molar-refractivity contribution in [2.24, 2.45) is 0 Å². The average molecular weight is 193 g/mol. The molecule has 0 radical (unpaired) electrons. The summed E-state index contributed by atoms with van der Waals surface area (Å²) in [5, 5.41) is 16.7. The van der Waals surface area contributed by atoms with E-state index in [0.29, 0.717) is 17.7 Å². The molecule has 0 aliphatic heterocycles. The fraction of sp³-hybridized carbons (Fsp3) is 0.375. The molecule has 0 spiro atoms. The fourth-order valence-electron chi connectivity index (χ4n) is 1.34. The molecule has 0 fully saturated rings. The van der Waals surface area contributed by atoms with E-state index in [1.54, 1.807) is 11.5 Å². The van der Waals surface area contributed by atoms with Crippen molar-refractivity contribution in [3.63, 3.8) is 0 Å². The smallest absolute Gasteiger partial charge is 0.173 e. The molecule has 6 heteroatoms. The number of aromatic nitrogens is 4. The van der Waals surface area contributed by atoms with E-state index in [1.165, 1.54) is 12.7 Å². The summed E-state index contributed by atoms with van der Waals surface area (Å²) in [7, 11) is 0. The van der Waals surface area contributed by atoms with Crippen molar-refractivity contribution in [2.75, 3.05) is 0 Å². The molecule has 0 saturated carbocycles. The van der Waals surface area contributed by atoms with Crippen molar-refractivity contribution < 1.29 is 5.11 Å². The predicted molar refractivity (Wildman–Crippen MR) is 49.4 cm³/mol. The minimum atomic E-state index is -0.460. The van der Waals surface area contributed by atoms with E-state index in [1.807, 2.05) is 0 Å². The Bertz CT molecular complexity index is 498. The number of aromatic amines is 1. The van der Waals surface area contributed by atoms with Crippen molar-refractivity contribution in [1.29, 1.82) is 5.41 Å². The lowest BCUT2D eigenvalue weighted by atomic mass is 10.4. The molecule has 0 saturated heterocycles. The van der Waals surface area contributed by atoms with Gasteiger partial charge in [-0.25, -0.2) is 9.97 Å². The van der Waals surface area contributed by atoms with Gasteiger partial charge >= 0.3 is 0 Å². The highest BCUT2D eigenvalue weighted by Gasteiger charge is 2.05. The predicted octanol–water partition coefficient (Wildman–Crippen LogP) is -0.380. The quantitative estimate of drug-likeness (QED) is 0.607. The van der Waals surface area contributed by atoms with Crippen molar-refractivity contribution in [1.82, 2.24) is 19.5 Å². The number of aliphatic hydroxyl groups excluding tert-OH is 1. The summed E-state index contributed by atoms with van der Waals surface area (Å²) in [5.74, 6) is 0. The van der Waals surface area contributed by atoms with Gasteiger partial charge in [-0.1, -0.05) is 0 Å². The molecule has 0 unspecified atom stereocenters. The largest absolute Gasteiger partial charge is 0.392 e. The first kappa shape index (κ1) is 8.89. The lowest BCUT2D eigenvalue weighted by molar-refractivity contribution is 0.174. The van der Waals surface area contributed by atoms with Crippen molar-refractivity contribution in [3.8, 4) is 0 Å². The third-order valence-corrected chi connectivity index (χ3v) is 1.92. The van der Waals surface area contributed by atoms with E-state index in [0.717, 1.165) is 0 Å². The summed E-state index contributed by atoms with van der Waals surface area (Å²) in [5.41, 5.74) is 1.40. The van der Waals surface area contributed by atoms with Gasteiger partial charge in [0.05, 0.1) is 25.3 Å². The maximum atomic E-state index is 9.24. The molecule has 0 aromatic carbocycles. The highest BCUT2D eigenvalue weighted by Crippen LogP contribution is 2.03. The van der Waals surface area contributed by atoms with Gasteiger partial charge in [-0.2, -0.15) is 0 Å². The van der Waals surface area contributed by atoms with Gasteiger partial charge in [0.15, 0.2) is 11.1 Å². The monoisotopic (exact) mass is 193 g/mol. The normalized spacial score (nSPS) is 13.3. The number of nitrogens with zero attached hydrogens (tertiary/aromatic N) is 3. The van der Waals surface area contributed by atoms with Crippen LogP contribution in [0.3, 0.4) is 0 Å². The lowest BCUT2D eigenvalue weighted by Gasteiger charge is -2.08. The Morgan fingerprint density at radius 1 is 1.64 bits per heavy atom. The number of hydrogen-bond acceptors (Lipinski definition) is 4. The first-order valence-corrected chi connectivity index (χ1v) is 4.29. The molecule has 1 atom stereocenters. The maximum absolute atomic E-state index is 9.24. The number of imidazole rings is 1. The van der Waals surface area contributed by atoms with E-state index in [9.17, 15) is 5.11 Å². The second kappa shape index (κ2) is 3.22. The Kier molecular flexibility index (Phi) is 2.05. The number of fused-ring (bicyclic) bond motifs is 1. The van der Waals surface area contributed by atoms with Gasteiger partial charge in [0, 0.05) is 0 Å². The fourth-order valence-corrected chi connectivity index (χ4v) is 1.34. The molecule has 0 aliphatic rings. The van der Waals surface area contributed by atoms with Crippen LogP contribution in [-0.2, 0) is 6.54 Å². The van der Waals surface area contributed by atoms with Crippen LogP contribution in [0.2, 0.25) is 0 Å². The average Bonchev–Trinajstić information content (AvgIpc) is 2.58. The van der Waals surface area contributed by atoms with E-state index in [2.05, 4.69) is 15.0 Å². The molecule has 2 aromatic heterocycles. The van der Waals surface area contributed by atoms with Crippen LogP contribution in [0.1, 0.15) is 6.92 Å². The Balaban J connectivity index is 2.61. The van der Waals surface area contributed by atoms with Crippen LogP contribution in [0.5, 0.6) is 0 Å². The van der Waals surface area contributed by atoms with Gasteiger partial charge in [0.2, 0.25) is 0 Å². The Labute approximate surface area is 79.8 Å². The number of nitrogens with one attached hydrogen (secondary N) is 2. The summed E-state index contributed by atoms with van der Waals surface area (Å²) >= 11 is 0. The molecule has 74 valence electrons. The van der Waals surface area contributed by atoms with E-state index in [4.69, 9.17) is 5.41 Å². The molecule has 0 bridgehead atoms. The van der Waals surface area contributed by atoms with Gasteiger partial charge < -0.3 is 14.7 Å². The molecule has 6 nitrogen and oxygen atoms in total. The molecule has 3 N–H and O–H groups in total. The van der Waals surface area contributed by atoms with Crippen molar-refractivity contribution in [2.45, 2.75) is 19.6 Å². The molecule has 14 heavy (non-hydrogen) atoms. The first-order chi connectivity index (χ1) is 6.68. The first-order valence-electron chi connectivity index (χ1n) is 4.29. The number of rotatable bonds is 2. The standard InChI is InChI=1S/C8H11N5O/c1-5(14)2-13-4-12-7(9)6-8(13)11-3-10-6/h3-5,9,14H,2H2,1H3,(H,10,11)/t5-/m0/s1. The van der Waals surface area contributed by atoms with Crippen LogP contribution in [0, 0.1) is 5.41 Å². The minimum Gasteiger partial charge on any atom is -0.392 e. The van der Waals surface area contributed by atoms with E-state index in [-0.39, 0.29) is 5.49 Å². The number of H-pyrrole nitrogens is 1. The summed E-state index contributed by atoms with van der Waals surface area (Å²) in [6.07, 6.45) is 2.57. The summed E-state index contributed by atoms with van der Waals surface area (Å²) in [6, 6.07) is 0. The molecule has 2 aromatic rings. The van der Waals surface area contributed by atoms with Crippen LogP contribution in [-0.4, -0.2) is 30.7 Å². The van der Waals surface area contributed by atoms with Crippen molar-refractivity contribution >= 4 is 11.2 Å². The van der Waals surface area contributed by atoms with Gasteiger partial charge in [-0.05, 0) is 6.92 Å². The summed E-state index contributed by atoms with van der Waals surface area (Å²) < 4.78 is 1.72. The maximum Gasteiger partial charge on any atom is 0.173 e. The lowest BCUT2D eigenvalue weighted by Crippen LogP contribution is -2.17. The zero-order valence-electron chi connectivity index (χ0n) is 7.73. The Morgan fingerprint density at radius 3 is 3.14 bits per heavy atom. The Morgan fingerprint density at radius 2 is 2.43 bits per heavy atom. The molecule has 0 amide bonds. The molecule has 0 aliphatic carbocycles.